The van der Waals surface area contributed by atoms with E-state index >= 15 is 0 Å². The Kier molecular flexibility index (Phi) is 2.64. The summed E-state index contributed by atoms with van der Waals surface area (Å²) in [5, 5.41) is 3.57. The Bertz CT molecular complexity index is 508. The lowest BCUT2D eigenvalue weighted by Crippen LogP contribution is -1.93. The fourth-order valence-electron chi connectivity index (χ4n) is 1.11. The second-order valence-electron chi connectivity index (χ2n) is 2.99. The third-order valence-corrected chi connectivity index (χ3v) is 2.31. The predicted molar refractivity (Wildman–Crippen MR) is 57.4 cm³/mol. The predicted octanol–water partition coefficient (Wildman–Crippen LogP) is 2.70. The van der Waals surface area contributed by atoms with Crippen LogP contribution in [-0.2, 0) is 0 Å². The first-order chi connectivity index (χ1) is 7.16. The van der Waals surface area contributed by atoms with Gasteiger partial charge in [0.2, 0.25) is 11.6 Å². The Morgan fingerprint density at radius 1 is 1.47 bits per heavy atom. The number of benzene rings is 1. The number of aromatic nitrogens is 2. The third kappa shape index (κ3) is 2.12. The van der Waals surface area contributed by atoms with Gasteiger partial charge in [-0.1, -0.05) is 27.2 Å². The maximum atomic E-state index is 11.0. The van der Waals surface area contributed by atoms with Gasteiger partial charge in [0.05, 0.1) is 0 Å². The highest BCUT2D eigenvalue weighted by atomic mass is 79.9. The monoisotopic (exact) mass is 266 g/mol. The molecule has 1 aromatic carbocycles. The number of carbonyl (C=O) groups excluding carboxylic acids is 1. The molecule has 0 fully saturated rings. The molecule has 76 valence electrons. The van der Waals surface area contributed by atoms with Crippen LogP contribution in [0.15, 0.2) is 33.3 Å². The molecule has 1 heterocycles. The summed E-state index contributed by atoms with van der Waals surface area (Å²) in [7, 11) is 0. The lowest BCUT2D eigenvalue weighted by atomic mass is 10.2. The first-order valence-corrected chi connectivity index (χ1v) is 5.06. The van der Waals surface area contributed by atoms with Crippen LogP contribution in [0.5, 0.6) is 0 Å². The molecule has 0 N–H and O–H groups in total. The normalized spacial score (nSPS) is 10.3. The molecule has 4 nitrogen and oxygen atoms in total. The second-order valence-corrected chi connectivity index (χ2v) is 3.91. The van der Waals surface area contributed by atoms with Crippen molar-refractivity contribution in [2.45, 2.75) is 6.92 Å². The van der Waals surface area contributed by atoms with Crippen molar-refractivity contribution >= 4 is 21.7 Å². The topological polar surface area (TPSA) is 56.0 Å². The van der Waals surface area contributed by atoms with Gasteiger partial charge in [0.15, 0.2) is 0 Å². The number of halogens is 1. The van der Waals surface area contributed by atoms with Gasteiger partial charge < -0.3 is 4.52 Å². The van der Waals surface area contributed by atoms with Crippen LogP contribution in [0.2, 0.25) is 0 Å². The van der Waals surface area contributed by atoms with Crippen molar-refractivity contribution < 1.29 is 9.32 Å². The molecule has 0 aliphatic rings. The van der Waals surface area contributed by atoms with Gasteiger partial charge in [0, 0.05) is 17.0 Å². The molecular weight excluding hydrogens is 260 g/mol. The number of Topliss-reactive ketones (excluding diaryl/α,β-unsaturated/α-hetero) is 1. The molecule has 0 aliphatic heterocycles. The molecule has 0 amide bonds. The quantitative estimate of drug-likeness (QED) is 0.785. The summed E-state index contributed by atoms with van der Waals surface area (Å²) in [5.74, 6) is 0.242. The minimum absolute atomic E-state index is 0.102. The molecule has 0 atom stereocenters. The Morgan fingerprint density at radius 3 is 2.87 bits per heavy atom. The molecule has 2 rings (SSSR count). The summed E-state index contributed by atoms with van der Waals surface area (Å²) in [5.41, 5.74) is 0.782. The van der Waals surface area contributed by atoms with E-state index in [-0.39, 0.29) is 11.6 Å². The lowest BCUT2D eigenvalue weighted by molar-refractivity contribution is 0.100. The molecule has 0 saturated carbocycles. The smallest absolute Gasteiger partial charge is 0.258 e. The van der Waals surface area contributed by atoms with Crippen molar-refractivity contribution in [3.05, 3.63) is 34.6 Å². The molecule has 15 heavy (non-hydrogen) atoms. The first-order valence-electron chi connectivity index (χ1n) is 4.27. The van der Waals surface area contributed by atoms with Gasteiger partial charge in [-0.3, -0.25) is 4.79 Å². The number of hydrogen-bond donors (Lipinski definition) is 0. The van der Waals surface area contributed by atoms with E-state index in [1.54, 1.807) is 0 Å². The maximum absolute atomic E-state index is 11.0. The maximum Gasteiger partial charge on any atom is 0.258 e. The summed E-state index contributed by atoms with van der Waals surface area (Å²) in [4.78, 5) is 14.9. The molecule has 2 aromatic rings. The Labute approximate surface area is 94.4 Å². The van der Waals surface area contributed by atoms with Gasteiger partial charge in [-0.05, 0) is 18.2 Å². The molecule has 0 saturated heterocycles. The van der Waals surface area contributed by atoms with Crippen LogP contribution in [0, 0.1) is 0 Å². The number of rotatable bonds is 2. The lowest BCUT2D eigenvalue weighted by Gasteiger charge is -1.93. The van der Waals surface area contributed by atoms with E-state index in [0.717, 1.165) is 10.0 Å². The van der Waals surface area contributed by atoms with E-state index in [0.29, 0.717) is 5.89 Å². The molecule has 0 unspecified atom stereocenters. The van der Waals surface area contributed by atoms with Crippen molar-refractivity contribution in [3.8, 4) is 11.5 Å². The molecule has 0 aliphatic carbocycles. The highest BCUT2D eigenvalue weighted by Gasteiger charge is 2.11. The van der Waals surface area contributed by atoms with Crippen LogP contribution in [0.25, 0.3) is 11.5 Å². The highest BCUT2D eigenvalue weighted by molar-refractivity contribution is 9.10. The van der Waals surface area contributed by atoms with Gasteiger partial charge in [0.25, 0.3) is 5.89 Å². The molecule has 5 heteroatoms. The van der Waals surface area contributed by atoms with Crippen molar-refractivity contribution in [1.29, 1.82) is 0 Å². The second kappa shape index (κ2) is 3.94. The van der Waals surface area contributed by atoms with Crippen molar-refractivity contribution in [3.63, 3.8) is 0 Å². The van der Waals surface area contributed by atoms with Crippen LogP contribution in [0.3, 0.4) is 0 Å². The minimum atomic E-state index is -0.208. The minimum Gasteiger partial charge on any atom is -0.334 e. The van der Waals surface area contributed by atoms with E-state index in [1.807, 2.05) is 24.3 Å². The van der Waals surface area contributed by atoms with Crippen LogP contribution < -0.4 is 0 Å². The van der Waals surface area contributed by atoms with E-state index in [9.17, 15) is 4.79 Å². The fraction of sp³-hybridized carbons (Fsp3) is 0.100. The average Bonchev–Trinajstić information content (AvgIpc) is 2.66. The zero-order valence-corrected chi connectivity index (χ0v) is 9.48. The number of carbonyl (C=O) groups is 1. The summed E-state index contributed by atoms with van der Waals surface area (Å²) in [6.45, 7) is 1.40. The van der Waals surface area contributed by atoms with Gasteiger partial charge >= 0.3 is 0 Å². The number of ketones is 1. The number of hydrogen-bond acceptors (Lipinski definition) is 4. The summed E-state index contributed by atoms with van der Waals surface area (Å²) < 4.78 is 5.88. The molecular formula is C10H7BrN2O2. The SMILES string of the molecule is CC(=O)c1noc(-c2cccc(Br)c2)n1. The van der Waals surface area contributed by atoms with E-state index in [4.69, 9.17) is 4.52 Å². The first kappa shape index (κ1) is 10.0. The van der Waals surface area contributed by atoms with Crippen LogP contribution in [0.1, 0.15) is 17.5 Å². The zero-order valence-electron chi connectivity index (χ0n) is 7.90. The van der Waals surface area contributed by atoms with Gasteiger partial charge in [0.1, 0.15) is 0 Å². The summed E-state index contributed by atoms with van der Waals surface area (Å²) >= 11 is 3.34. The fourth-order valence-corrected chi connectivity index (χ4v) is 1.50. The summed E-state index contributed by atoms with van der Waals surface area (Å²) in [6, 6.07) is 7.43. The standard InChI is InChI=1S/C10H7BrN2O2/c1-6(14)9-12-10(15-13-9)7-3-2-4-8(11)5-7/h2-5H,1H3. The van der Waals surface area contributed by atoms with E-state index in [1.165, 1.54) is 6.92 Å². The summed E-state index contributed by atoms with van der Waals surface area (Å²) in [6.07, 6.45) is 0. The Balaban J connectivity index is 2.41. The average molecular weight is 267 g/mol. The Morgan fingerprint density at radius 2 is 2.27 bits per heavy atom. The highest BCUT2D eigenvalue weighted by Crippen LogP contribution is 2.21. The van der Waals surface area contributed by atoms with Gasteiger partial charge in [-0.2, -0.15) is 4.98 Å². The third-order valence-electron chi connectivity index (χ3n) is 1.81. The van der Waals surface area contributed by atoms with Crippen molar-refractivity contribution in [1.82, 2.24) is 10.1 Å². The largest absolute Gasteiger partial charge is 0.334 e. The van der Waals surface area contributed by atoms with Crippen molar-refractivity contribution in [2.24, 2.45) is 0 Å². The molecule has 0 bridgehead atoms. The van der Waals surface area contributed by atoms with Crippen LogP contribution in [0.4, 0.5) is 0 Å². The zero-order chi connectivity index (χ0) is 10.8. The molecule has 1 aromatic heterocycles. The number of nitrogens with zero attached hydrogens (tertiary/aromatic N) is 2. The van der Waals surface area contributed by atoms with Crippen molar-refractivity contribution in [2.75, 3.05) is 0 Å². The van der Waals surface area contributed by atoms with Gasteiger partial charge in [-0.15, -0.1) is 0 Å². The van der Waals surface area contributed by atoms with E-state index in [2.05, 4.69) is 26.1 Å². The Hall–Kier alpha value is -1.49. The van der Waals surface area contributed by atoms with Crippen LogP contribution >= 0.6 is 15.9 Å². The van der Waals surface area contributed by atoms with Gasteiger partial charge in [-0.25, -0.2) is 0 Å². The molecule has 0 spiro atoms. The molecule has 0 radical (unpaired) electrons. The van der Waals surface area contributed by atoms with Crippen LogP contribution in [-0.4, -0.2) is 15.9 Å². The van der Waals surface area contributed by atoms with E-state index < -0.39 is 0 Å².